The molecule has 0 N–H and O–H groups in total. The van der Waals surface area contributed by atoms with E-state index in [9.17, 15) is 4.79 Å². The van der Waals surface area contributed by atoms with E-state index in [0.29, 0.717) is 19.4 Å². The first kappa shape index (κ1) is 15.1. The van der Waals surface area contributed by atoms with Gasteiger partial charge in [0, 0.05) is 17.4 Å². The quantitative estimate of drug-likeness (QED) is 0.598. The summed E-state index contributed by atoms with van der Waals surface area (Å²) in [5.41, 5.74) is 3.02. The summed E-state index contributed by atoms with van der Waals surface area (Å²) in [5.74, 6) is -0.159. The highest BCUT2D eigenvalue weighted by molar-refractivity contribution is 8.02. The Morgan fingerprint density at radius 1 is 1.40 bits per heavy atom. The number of thiazole rings is 1. The Morgan fingerprint density at radius 2 is 2.15 bits per heavy atom. The minimum Gasteiger partial charge on any atom is -0.466 e. The molecule has 0 unspecified atom stereocenters. The van der Waals surface area contributed by atoms with Crippen molar-refractivity contribution in [3.05, 3.63) is 41.5 Å². The van der Waals surface area contributed by atoms with Gasteiger partial charge in [-0.3, -0.25) is 4.79 Å². The topological polar surface area (TPSA) is 39.2 Å². The van der Waals surface area contributed by atoms with E-state index >= 15 is 0 Å². The molecule has 0 saturated heterocycles. The lowest BCUT2D eigenvalue weighted by Gasteiger charge is -2.03. The fraction of sp³-hybridized carbons (Fsp3) is 0.267. The van der Waals surface area contributed by atoms with E-state index in [1.807, 2.05) is 36.6 Å². The zero-order valence-corrected chi connectivity index (χ0v) is 12.7. The van der Waals surface area contributed by atoms with Gasteiger partial charge in [0.05, 0.1) is 18.6 Å². The van der Waals surface area contributed by atoms with Gasteiger partial charge in [-0.2, -0.15) is 0 Å². The number of hydrogen-bond acceptors (Lipinski definition) is 5. The summed E-state index contributed by atoms with van der Waals surface area (Å²) in [6, 6.07) is 7.99. The van der Waals surface area contributed by atoms with E-state index in [2.05, 4.69) is 4.98 Å². The number of ether oxygens (including phenoxy) is 1. The Balaban J connectivity index is 1.97. The predicted octanol–water partition coefficient (Wildman–Crippen LogP) is 3.94. The van der Waals surface area contributed by atoms with Crippen LogP contribution in [0.2, 0.25) is 0 Å². The van der Waals surface area contributed by atoms with Crippen molar-refractivity contribution in [3.8, 4) is 11.3 Å². The molecule has 0 aliphatic heterocycles. The van der Waals surface area contributed by atoms with E-state index < -0.39 is 0 Å². The Kier molecular flexibility index (Phi) is 5.61. The van der Waals surface area contributed by atoms with Crippen molar-refractivity contribution >= 4 is 29.1 Å². The van der Waals surface area contributed by atoms with Crippen LogP contribution in [0.15, 0.2) is 34.0 Å². The minimum absolute atomic E-state index is 0.159. The fourth-order valence-corrected chi connectivity index (χ4v) is 2.79. The van der Waals surface area contributed by atoms with Gasteiger partial charge in [0.2, 0.25) is 0 Å². The maximum Gasteiger partial charge on any atom is 0.306 e. The summed E-state index contributed by atoms with van der Waals surface area (Å²) < 4.78 is 5.65. The second-order valence-corrected chi connectivity index (χ2v) is 5.81. The Hall–Kier alpha value is -1.33. The summed E-state index contributed by atoms with van der Waals surface area (Å²) >= 11 is 2.38. The Morgan fingerprint density at radius 3 is 2.75 bits per heavy atom. The van der Waals surface area contributed by atoms with Crippen molar-refractivity contribution in [1.82, 2.24) is 4.98 Å². The number of benzene rings is 1. The van der Waals surface area contributed by atoms with Crippen molar-refractivity contribution in [2.24, 2.45) is 0 Å². The smallest absolute Gasteiger partial charge is 0.306 e. The lowest BCUT2D eigenvalue weighted by molar-refractivity contribution is -0.143. The van der Waals surface area contributed by atoms with E-state index in [1.54, 1.807) is 0 Å². The number of hydrogen-bond donors (Lipinski definition) is 0. The van der Waals surface area contributed by atoms with Crippen molar-refractivity contribution in [3.63, 3.8) is 0 Å². The average molecular weight is 304 g/mol. The van der Waals surface area contributed by atoms with Crippen molar-refractivity contribution in [2.75, 3.05) is 6.61 Å². The maximum absolute atomic E-state index is 11.3. The number of esters is 1. The van der Waals surface area contributed by atoms with Crippen molar-refractivity contribution < 1.29 is 9.53 Å². The predicted molar refractivity (Wildman–Crippen MR) is 81.6 cm³/mol. The number of aromatic nitrogens is 1. The monoisotopic (exact) mass is 304 g/mol. The molecule has 20 heavy (non-hydrogen) atoms. The molecule has 5 heteroatoms. The van der Waals surface area contributed by atoms with Gasteiger partial charge in [-0.15, -0.1) is 11.3 Å². The van der Waals surface area contributed by atoms with Gasteiger partial charge in [-0.1, -0.05) is 36.0 Å². The molecular formula is C15H14NO2S2. The number of aryl methyl sites for hydroxylation is 1. The molecule has 1 aromatic carbocycles. The third kappa shape index (κ3) is 4.08. The second kappa shape index (κ2) is 7.45. The zero-order valence-electron chi connectivity index (χ0n) is 11.1. The standard InChI is InChI=1S/C15H14NO2S2/c1-3-18-14(17)9-6-11-4-7-12(8-5-11)13-10-20-15(16-13)19-2/h4-5,7-8,10H,3,6,9H2,1H3. The Bertz CT molecular complexity index is 564. The summed E-state index contributed by atoms with van der Waals surface area (Å²) in [5, 5.41) is 1.95. The lowest BCUT2D eigenvalue weighted by Crippen LogP contribution is -2.05. The maximum atomic E-state index is 11.3. The van der Waals surface area contributed by atoms with Crippen LogP contribution < -0.4 is 0 Å². The van der Waals surface area contributed by atoms with E-state index in [0.717, 1.165) is 32.9 Å². The first-order valence-corrected chi connectivity index (χ1v) is 7.96. The Labute approximate surface area is 127 Å². The highest BCUT2D eigenvalue weighted by atomic mass is 32.2. The molecule has 0 fully saturated rings. The van der Waals surface area contributed by atoms with E-state index in [1.165, 1.54) is 11.3 Å². The van der Waals surface area contributed by atoms with Crippen molar-refractivity contribution in [1.29, 1.82) is 0 Å². The van der Waals surface area contributed by atoms with Crippen LogP contribution in [0.3, 0.4) is 0 Å². The first-order valence-electron chi connectivity index (χ1n) is 6.27. The third-order valence-corrected chi connectivity index (χ3v) is 4.18. The molecule has 0 aliphatic carbocycles. The molecule has 0 amide bonds. The SMILES string of the molecule is [C]Sc1nc(-c2ccc(CCC(=O)OCC)cc2)cs1. The van der Waals surface area contributed by atoms with Crippen LogP contribution in [0, 0.1) is 6.26 Å². The summed E-state index contributed by atoms with van der Waals surface area (Å²) in [7, 11) is 0. The van der Waals surface area contributed by atoms with Crippen LogP contribution >= 0.6 is 23.1 Å². The molecule has 0 saturated carbocycles. The highest BCUT2D eigenvalue weighted by Crippen LogP contribution is 2.27. The van der Waals surface area contributed by atoms with Crippen LogP contribution in [0.4, 0.5) is 0 Å². The molecule has 3 radical (unpaired) electrons. The molecule has 1 aromatic heterocycles. The van der Waals surface area contributed by atoms with E-state index in [4.69, 9.17) is 11.0 Å². The number of thioether (sulfide) groups is 1. The molecule has 0 atom stereocenters. The van der Waals surface area contributed by atoms with E-state index in [-0.39, 0.29) is 5.97 Å². The van der Waals surface area contributed by atoms with Gasteiger partial charge in [0.1, 0.15) is 0 Å². The highest BCUT2D eigenvalue weighted by Gasteiger charge is 2.05. The average Bonchev–Trinajstić information content (AvgIpc) is 2.95. The largest absolute Gasteiger partial charge is 0.466 e. The van der Waals surface area contributed by atoms with Crippen LogP contribution in [-0.2, 0) is 16.0 Å². The molecule has 2 rings (SSSR count). The van der Waals surface area contributed by atoms with Gasteiger partial charge in [0.15, 0.2) is 4.34 Å². The number of carbonyl (C=O) groups excluding carboxylic acids is 1. The van der Waals surface area contributed by atoms with Gasteiger partial charge in [-0.25, -0.2) is 4.98 Å². The number of rotatable bonds is 6. The van der Waals surface area contributed by atoms with Gasteiger partial charge >= 0.3 is 5.97 Å². The third-order valence-electron chi connectivity index (χ3n) is 2.74. The molecule has 1 heterocycles. The molecule has 0 bridgehead atoms. The van der Waals surface area contributed by atoms with Crippen LogP contribution in [0.5, 0.6) is 0 Å². The van der Waals surface area contributed by atoms with Gasteiger partial charge in [-0.05, 0) is 18.9 Å². The molecular weight excluding hydrogens is 290 g/mol. The molecule has 2 aromatic rings. The number of carbonyl (C=O) groups is 1. The van der Waals surface area contributed by atoms with Gasteiger partial charge < -0.3 is 4.74 Å². The molecule has 103 valence electrons. The minimum atomic E-state index is -0.159. The lowest BCUT2D eigenvalue weighted by atomic mass is 10.1. The van der Waals surface area contributed by atoms with Crippen molar-refractivity contribution in [2.45, 2.75) is 24.1 Å². The second-order valence-electron chi connectivity index (χ2n) is 4.10. The van der Waals surface area contributed by atoms with Gasteiger partial charge in [0.25, 0.3) is 0 Å². The van der Waals surface area contributed by atoms with Crippen LogP contribution in [-0.4, -0.2) is 17.6 Å². The molecule has 3 nitrogen and oxygen atoms in total. The fourth-order valence-electron chi connectivity index (χ4n) is 1.76. The molecule has 0 aliphatic rings. The zero-order chi connectivity index (χ0) is 14.4. The normalized spacial score (nSPS) is 10.5. The molecule has 0 spiro atoms. The summed E-state index contributed by atoms with van der Waals surface area (Å²) in [6.45, 7) is 2.24. The summed E-state index contributed by atoms with van der Waals surface area (Å²) in [6.07, 6.45) is 8.29. The van der Waals surface area contributed by atoms with Crippen LogP contribution in [0.1, 0.15) is 18.9 Å². The first-order chi connectivity index (χ1) is 9.72. The van der Waals surface area contributed by atoms with Crippen LogP contribution in [0.25, 0.3) is 11.3 Å². The summed E-state index contributed by atoms with van der Waals surface area (Å²) in [4.78, 5) is 15.6. The number of nitrogens with zero attached hydrogens (tertiary/aromatic N) is 1.